The normalized spacial score (nSPS) is 10.9. The van der Waals surface area contributed by atoms with Gasteiger partial charge >= 0.3 is 0 Å². The topological polar surface area (TPSA) is 33.1 Å². The summed E-state index contributed by atoms with van der Waals surface area (Å²) in [5, 5.41) is 12.1. The Kier molecular flexibility index (Phi) is 4.21. The molecule has 0 aliphatic carbocycles. The highest BCUT2D eigenvalue weighted by molar-refractivity contribution is 9.10. The third kappa shape index (κ3) is 2.56. The molecule has 0 radical (unpaired) electrons. The Morgan fingerprint density at radius 1 is 1.25 bits per heavy atom. The van der Waals surface area contributed by atoms with E-state index in [9.17, 15) is 0 Å². The van der Waals surface area contributed by atoms with Crippen LogP contribution in [0.1, 0.15) is 6.42 Å². The van der Waals surface area contributed by atoms with E-state index in [4.69, 9.17) is 5.11 Å². The van der Waals surface area contributed by atoms with Gasteiger partial charge in [-0.15, -0.1) is 11.8 Å². The number of rotatable bonds is 4. The summed E-state index contributed by atoms with van der Waals surface area (Å²) in [5.74, 6) is 0.898. The number of benzene rings is 1. The number of hydrogen-bond acceptors (Lipinski definition) is 3. The zero-order chi connectivity index (χ0) is 11.4. The van der Waals surface area contributed by atoms with Crippen molar-refractivity contribution in [3.63, 3.8) is 0 Å². The van der Waals surface area contributed by atoms with E-state index in [1.54, 1.807) is 11.8 Å². The van der Waals surface area contributed by atoms with Gasteiger partial charge in [0.05, 0.1) is 0 Å². The molecule has 84 valence electrons. The van der Waals surface area contributed by atoms with Crippen LogP contribution < -0.4 is 0 Å². The lowest BCUT2D eigenvalue weighted by Crippen LogP contribution is -1.88. The Morgan fingerprint density at radius 3 is 2.94 bits per heavy atom. The summed E-state index contributed by atoms with van der Waals surface area (Å²) in [5.41, 5.74) is 0. The molecule has 0 aliphatic heterocycles. The second-order valence-electron chi connectivity index (χ2n) is 3.38. The van der Waals surface area contributed by atoms with Crippen LogP contribution in [0.3, 0.4) is 0 Å². The van der Waals surface area contributed by atoms with Crippen LogP contribution in [0.5, 0.6) is 0 Å². The molecule has 0 amide bonds. The monoisotopic (exact) mass is 297 g/mol. The minimum absolute atomic E-state index is 0.238. The van der Waals surface area contributed by atoms with Gasteiger partial charge in [0.2, 0.25) is 0 Å². The van der Waals surface area contributed by atoms with Crippen LogP contribution in [0.15, 0.2) is 40.0 Å². The van der Waals surface area contributed by atoms with Gasteiger partial charge in [0.15, 0.2) is 0 Å². The van der Waals surface area contributed by atoms with Gasteiger partial charge in [-0.05, 0) is 18.6 Å². The van der Waals surface area contributed by atoms with Crippen molar-refractivity contribution in [1.82, 2.24) is 4.98 Å². The van der Waals surface area contributed by atoms with Crippen molar-refractivity contribution in [1.29, 1.82) is 0 Å². The second-order valence-corrected chi connectivity index (χ2v) is 5.31. The molecule has 0 saturated carbocycles. The van der Waals surface area contributed by atoms with E-state index in [1.807, 2.05) is 24.4 Å². The van der Waals surface area contributed by atoms with Crippen LogP contribution >= 0.6 is 27.7 Å². The molecule has 0 fully saturated rings. The molecule has 0 aliphatic rings. The van der Waals surface area contributed by atoms with Crippen molar-refractivity contribution in [2.24, 2.45) is 0 Å². The summed E-state index contributed by atoms with van der Waals surface area (Å²) in [6.45, 7) is 0.238. The van der Waals surface area contributed by atoms with E-state index in [1.165, 1.54) is 10.8 Å². The van der Waals surface area contributed by atoms with Crippen LogP contribution in [-0.2, 0) is 0 Å². The molecular weight excluding hydrogens is 286 g/mol. The molecule has 2 nitrogen and oxygen atoms in total. The minimum atomic E-state index is 0.238. The molecule has 1 aromatic carbocycles. The fourth-order valence-corrected chi connectivity index (χ4v) is 2.92. The lowest BCUT2D eigenvalue weighted by molar-refractivity contribution is 0.296. The third-order valence-electron chi connectivity index (χ3n) is 2.26. The number of halogens is 1. The number of aliphatic hydroxyl groups is 1. The van der Waals surface area contributed by atoms with Crippen molar-refractivity contribution in [3.05, 3.63) is 34.9 Å². The van der Waals surface area contributed by atoms with Crippen LogP contribution in [0.4, 0.5) is 0 Å². The van der Waals surface area contributed by atoms with Gasteiger partial charge in [-0.1, -0.05) is 28.1 Å². The quantitative estimate of drug-likeness (QED) is 0.693. The maximum atomic E-state index is 8.76. The maximum absolute atomic E-state index is 8.76. The van der Waals surface area contributed by atoms with Gasteiger partial charge in [0, 0.05) is 33.8 Å². The number of nitrogens with zero attached hydrogens (tertiary/aromatic N) is 1. The summed E-state index contributed by atoms with van der Waals surface area (Å²) >= 11 is 5.23. The van der Waals surface area contributed by atoms with Gasteiger partial charge in [0.1, 0.15) is 5.03 Å². The highest BCUT2D eigenvalue weighted by Gasteiger charge is 2.04. The average molecular weight is 298 g/mol. The molecule has 2 rings (SSSR count). The van der Waals surface area contributed by atoms with Gasteiger partial charge in [0.25, 0.3) is 0 Å². The number of hydrogen-bond donors (Lipinski definition) is 1. The van der Waals surface area contributed by atoms with E-state index in [0.717, 1.165) is 21.7 Å². The molecule has 2 aromatic rings. The minimum Gasteiger partial charge on any atom is -0.396 e. The third-order valence-corrected chi connectivity index (χ3v) is 4.04. The highest BCUT2D eigenvalue weighted by Crippen LogP contribution is 2.30. The number of pyridine rings is 1. The molecule has 1 N–H and O–H groups in total. The van der Waals surface area contributed by atoms with Crippen molar-refractivity contribution in [3.8, 4) is 0 Å². The molecule has 1 heterocycles. The first-order valence-electron chi connectivity index (χ1n) is 5.10. The summed E-state index contributed by atoms with van der Waals surface area (Å²) in [4.78, 5) is 4.38. The van der Waals surface area contributed by atoms with Gasteiger partial charge in [-0.2, -0.15) is 0 Å². The van der Waals surface area contributed by atoms with E-state index in [0.29, 0.717) is 0 Å². The fourth-order valence-electron chi connectivity index (χ4n) is 1.49. The Morgan fingerprint density at radius 2 is 2.12 bits per heavy atom. The van der Waals surface area contributed by atoms with Crippen molar-refractivity contribution in [2.75, 3.05) is 12.4 Å². The Hall–Kier alpha value is -0.580. The van der Waals surface area contributed by atoms with Crippen molar-refractivity contribution >= 4 is 38.5 Å². The maximum Gasteiger partial charge on any atom is 0.104 e. The lowest BCUT2D eigenvalue weighted by Gasteiger charge is -2.05. The number of fused-ring (bicyclic) bond motifs is 1. The zero-order valence-corrected chi connectivity index (χ0v) is 11.1. The van der Waals surface area contributed by atoms with Gasteiger partial charge in [-0.3, -0.25) is 0 Å². The molecule has 4 heteroatoms. The Bertz CT molecular complexity index is 489. The Balaban J connectivity index is 2.34. The molecule has 0 atom stereocenters. The standard InChI is InChI=1S/C12H12BrNOS/c13-11-4-1-3-10-9(11)5-6-14-12(10)16-8-2-7-15/h1,3-6,15H,2,7-8H2. The van der Waals surface area contributed by atoms with Gasteiger partial charge in [-0.25, -0.2) is 4.98 Å². The predicted octanol–water partition coefficient (Wildman–Crippen LogP) is 3.47. The first-order chi connectivity index (χ1) is 7.83. The lowest BCUT2D eigenvalue weighted by atomic mass is 10.2. The number of aromatic nitrogens is 1. The molecule has 0 bridgehead atoms. The largest absolute Gasteiger partial charge is 0.396 e. The van der Waals surface area contributed by atoms with Crippen molar-refractivity contribution in [2.45, 2.75) is 11.4 Å². The van der Waals surface area contributed by atoms with Crippen molar-refractivity contribution < 1.29 is 5.11 Å². The summed E-state index contributed by atoms with van der Waals surface area (Å²) in [6, 6.07) is 8.14. The number of thioether (sulfide) groups is 1. The van der Waals surface area contributed by atoms with E-state index in [-0.39, 0.29) is 6.61 Å². The molecular formula is C12H12BrNOS. The van der Waals surface area contributed by atoms with E-state index >= 15 is 0 Å². The smallest absolute Gasteiger partial charge is 0.104 e. The predicted molar refractivity (Wildman–Crippen MR) is 71.9 cm³/mol. The van der Waals surface area contributed by atoms with E-state index < -0.39 is 0 Å². The first kappa shape index (κ1) is 11.9. The molecule has 16 heavy (non-hydrogen) atoms. The average Bonchev–Trinajstić information content (AvgIpc) is 2.31. The number of aliphatic hydroxyl groups excluding tert-OH is 1. The van der Waals surface area contributed by atoms with Gasteiger partial charge < -0.3 is 5.11 Å². The summed E-state index contributed by atoms with van der Waals surface area (Å²) in [6.07, 6.45) is 2.63. The fraction of sp³-hybridized carbons (Fsp3) is 0.250. The molecule has 0 saturated heterocycles. The summed E-state index contributed by atoms with van der Waals surface area (Å²) in [7, 11) is 0. The van der Waals surface area contributed by atoms with Crippen LogP contribution in [0, 0.1) is 0 Å². The zero-order valence-electron chi connectivity index (χ0n) is 8.69. The summed E-state index contributed by atoms with van der Waals surface area (Å²) < 4.78 is 1.09. The van der Waals surface area contributed by atoms with Crippen LogP contribution in [0.25, 0.3) is 10.8 Å². The SMILES string of the molecule is OCCCSc1nccc2c(Br)cccc12. The van der Waals surface area contributed by atoms with Crippen LogP contribution in [-0.4, -0.2) is 22.5 Å². The molecule has 0 spiro atoms. The highest BCUT2D eigenvalue weighted by atomic mass is 79.9. The van der Waals surface area contributed by atoms with E-state index in [2.05, 4.69) is 27.0 Å². The first-order valence-corrected chi connectivity index (χ1v) is 6.87. The molecule has 1 aromatic heterocycles. The van der Waals surface area contributed by atoms with Crippen LogP contribution in [0.2, 0.25) is 0 Å². The second kappa shape index (κ2) is 5.66. The Labute approximate surface area is 107 Å². The molecule has 0 unspecified atom stereocenters.